The van der Waals surface area contributed by atoms with E-state index in [1.54, 1.807) is 12.1 Å². The summed E-state index contributed by atoms with van der Waals surface area (Å²) < 4.78 is 12.9. The summed E-state index contributed by atoms with van der Waals surface area (Å²) in [6, 6.07) is 6.95. The summed E-state index contributed by atoms with van der Waals surface area (Å²) in [5, 5.41) is 0. The monoisotopic (exact) mass is 268 g/mol. The average molecular weight is 269 g/mol. The first-order valence-corrected chi connectivity index (χ1v) is 4.74. The Morgan fingerprint density at radius 3 is 2.38 bits per heavy atom. The van der Waals surface area contributed by atoms with Crippen molar-refractivity contribution in [2.75, 3.05) is 20.6 Å². The molecule has 1 atom stereocenters. The number of nitrogens with zero attached hydrogens (tertiary/aromatic N) is 1. The molecule has 0 heterocycles. The normalized spacial score (nSPS) is 11.6. The molecule has 1 aromatic rings. The summed E-state index contributed by atoms with van der Waals surface area (Å²) in [5.74, 6) is -0.183. The molecule has 1 rings (SSSR count). The summed E-state index contributed by atoms with van der Waals surface area (Å²) in [6.45, 7) is 0.587. The number of nitrogens with two attached hydrogens (primary N) is 1. The second-order valence-corrected chi connectivity index (χ2v) is 3.69. The SMILES string of the molecule is CN(C)C(CN)Cc1cccc(F)c1.Cl.Cl. The number of hydrogen-bond donors (Lipinski definition) is 1. The van der Waals surface area contributed by atoms with E-state index < -0.39 is 0 Å². The molecule has 1 aromatic carbocycles. The molecule has 16 heavy (non-hydrogen) atoms. The Balaban J connectivity index is 0. The van der Waals surface area contributed by atoms with Crippen molar-refractivity contribution in [1.29, 1.82) is 0 Å². The number of halogens is 3. The van der Waals surface area contributed by atoms with E-state index in [0.29, 0.717) is 6.54 Å². The van der Waals surface area contributed by atoms with Gasteiger partial charge in [-0.1, -0.05) is 12.1 Å². The molecular weight excluding hydrogens is 250 g/mol. The summed E-state index contributed by atoms with van der Waals surface area (Å²) in [7, 11) is 3.97. The van der Waals surface area contributed by atoms with Crippen LogP contribution in [0.5, 0.6) is 0 Å². The Kier molecular flexibility index (Phi) is 9.87. The minimum Gasteiger partial charge on any atom is -0.329 e. The number of benzene rings is 1. The molecule has 5 heteroatoms. The summed E-state index contributed by atoms with van der Waals surface area (Å²) in [4.78, 5) is 2.06. The maximum atomic E-state index is 12.9. The van der Waals surface area contributed by atoms with Gasteiger partial charge in [-0.15, -0.1) is 24.8 Å². The van der Waals surface area contributed by atoms with Crippen molar-refractivity contribution in [3.8, 4) is 0 Å². The molecule has 2 nitrogen and oxygen atoms in total. The summed E-state index contributed by atoms with van der Waals surface area (Å²) in [5.41, 5.74) is 6.62. The lowest BCUT2D eigenvalue weighted by Crippen LogP contribution is -2.36. The maximum absolute atomic E-state index is 12.9. The van der Waals surface area contributed by atoms with Gasteiger partial charge in [0.1, 0.15) is 5.82 Å². The van der Waals surface area contributed by atoms with E-state index in [1.165, 1.54) is 6.07 Å². The highest BCUT2D eigenvalue weighted by Gasteiger charge is 2.09. The van der Waals surface area contributed by atoms with Crippen LogP contribution >= 0.6 is 24.8 Å². The molecule has 0 spiro atoms. The van der Waals surface area contributed by atoms with E-state index in [9.17, 15) is 4.39 Å². The van der Waals surface area contributed by atoms with Crippen LogP contribution in [0.4, 0.5) is 4.39 Å². The highest BCUT2D eigenvalue weighted by molar-refractivity contribution is 5.85. The number of likely N-dealkylation sites (N-methyl/N-ethyl adjacent to an activating group) is 1. The predicted molar refractivity (Wildman–Crippen MR) is 71.1 cm³/mol. The zero-order valence-electron chi connectivity index (χ0n) is 9.52. The first-order valence-electron chi connectivity index (χ1n) is 4.74. The smallest absolute Gasteiger partial charge is 0.123 e. The van der Waals surface area contributed by atoms with E-state index in [2.05, 4.69) is 4.90 Å². The largest absolute Gasteiger partial charge is 0.329 e. The van der Waals surface area contributed by atoms with Crippen molar-refractivity contribution < 1.29 is 4.39 Å². The van der Waals surface area contributed by atoms with E-state index >= 15 is 0 Å². The third kappa shape index (κ3) is 5.66. The lowest BCUT2D eigenvalue weighted by molar-refractivity contribution is 0.297. The van der Waals surface area contributed by atoms with Gasteiger partial charge in [0.2, 0.25) is 0 Å². The lowest BCUT2D eigenvalue weighted by Gasteiger charge is -2.22. The molecule has 0 aliphatic heterocycles. The van der Waals surface area contributed by atoms with Crippen LogP contribution in [0, 0.1) is 5.82 Å². The van der Waals surface area contributed by atoms with Gasteiger partial charge < -0.3 is 10.6 Å². The first kappa shape index (κ1) is 18.0. The first-order chi connectivity index (χ1) is 6.63. The molecule has 2 N–H and O–H groups in total. The highest BCUT2D eigenvalue weighted by Crippen LogP contribution is 2.08. The van der Waals surface area contributed by atoms with Gasteiger partial charge in [-0.05, 0) is 38.2 Å². The number of rotatable bonds is 4. The van der Waals surface area contributed by atoms with Gasteiger partial charge >= 0.3 is 0 Å². The topological polar surface area (TPSA) is 29.3 Å². The standard InChI is InChI=1S/C11H17FN2.2ClH/c1-14(2)11(8-13)7-9-4-3-5-10(12)6-9;;/h3-6,11H,7-8,13H2,1-2H3;2*1H. The Hall–Kier alpha value is -0.350. The van der Waals surface area contributed by atoms with Crippen molar-refractivity contribution in [3.63, 3.8) is 0 Å². The van der Waals surface area contributed by atoms with Crippen LogP contribution in [0.25, 0.3) is 0 Å². The van der Waals surface area contributed by atoms with Gasteiger partial charge in [-0.3, -0.25) is 0 Å². The van der Waals surface area contributed by atoms with Gasteiger partial charge in [0.25, 0.3) is 0 Å². The molecule has 0 fully saturated rings. The van der Waals surface area contributed by atoms with Crippen LogP contribution in [0.15, 0.2) is 24.3 Å². The van der Waals surface area contributed by atoms with Crippen molar-refractivity contribution in [3.05, 3.63) is 35.6 Å². The number of hydrogen-bond acceptors (Lipinski definition) is 2. The van der Waals surface area contributed by atoms with Crippen molar-refractivity contribution in [2.24, 2.45) is 5.73 Å². The molecule has 0 bridgehead atoms. The fourth-order valence-corrected chi connectivity index (χ4v) is 1.41. The van der Waals surface area contributed by atoms with Crippen LogP contribution in [0.3, 0.4) is 0 Å². The molecule has 0 aliphatic rings. The molecule has 0 aromatic heterocycles. The second-order valence-electron chi connectivity index (χ2n) is 3.69. The molecule has 0 aliphatic carbocycles. The van der Waals surface area contributed by atoms with Crippen molar-refractivity contribution >= 4 is 24.8 Å². The van der Waals surface area contributed by atoms with E-state index in [-0.39, 0.29) is 36.7 Å². The molecule has 0 radical (unpaired) electrons. The third-order valence-electron chi connectivity index (χ3n) is 2.36. The molecule has 94 valence electrons. The van der Waals surface area contributed by atoms with Crippen LogP contribution < -0.4 is 5.73 Å². The summed E-state index contributed by atoms with van der Waals surface area (Å²) in [6.07, 6.45) is 0.793. The Morgan fingerprint density at radius 2 is 1.94 bits per heavy atom. The second kappa shape index (κ2) is 8.76. The fourth-order valence-electron chi connectivity index (χ4n) is 1.41. The van der Waals surface area contributed by atoms with Crippen molar-refractivity contribution in [2.45, 2.75) is 12.5 Å². The molecule has 0 saturated heterocycles. The third-order valence-corrected chi connectivity index (χ3v) is 2.36. The minimum atomic E-state index is -0.183. The predicted octanol–water partition coefficient (Wildman–Crippen LogP) is 2.10. The van der Waals surface area contributed by atoms with Crippen molar-refractivity contribution in [1.82, 2.24) is 4.90 Å². The summed E-state index contributed by atoms with van der Waals surface area (Å²) >= 11 is 0. The van der Waals surface area contributed by atoms with E-state index in [1.807, 2.05) is 20.2 Å². The van der Waals surface area contributed by atoms with E-state index in [0.717, 1.165) is 12.0 Å². The van der Waals surface area contributed by atoms with Gasteiger partial charge in [0.05, 0.1) is 0 Å². The maximum Gasteiger partial charge on any atom is 0.123 e. The zero-order chi connectivity index (χ0) is 10.6. The van der Waals surface area contributed by atoms with Crippen LogP contribution in [0.2, 0.25) is 0 Å². The quantitative estimate of drug-likeness (QED) is 0.907. The fraction of sp³-hybridized carbons (Fsp3) is 0.455. The lowest BCUT2D eigenvalue weighted by atomic mass is 10.1. The van der Waals surface area contributed by atoms with E-state index in [4.69, 9.17) is 5.73 Å². The zero-order valence-corrected chi connectivity index (χ0v) is 11.2. The minimum absolute atomic E-state index is 0. The molecular formula is C11H19Cl2FN2. The highest BCUT2D eigenvalue weighted by atomic mass is 35.5. The molecule has 0 saturated carbocycles. The Morgan fingerprint density at radius 1 is 1.31 bits per heavy atom. The van der Waals surface area contributed by atoms with Crippen LogP contribution in [0.1, 0.15) is 5.56 Å². The Labute approximate surface area is 109 Å². The molecule has 0 amide bonds. The average Bonchev–Trinajstić information content (AvgIpc) is 2.14. The van der Waals surface area contributed by atoms with Gasteiger partial charge in [-0.25, -0.2) is 4.39 Å². The molecule has 1 unspecified atom stereocenters. The Bertz CT molecular complexity index is 295. The van der Waals surface area contributed by atoms with Gasteiger partial charge in [-0.2, -0.15) is 0 Å². The van der Waals surface area contributed by atoms with Gasteiger partial charge in [0.15, 0.2) is 0 Å². The van der Waals surface area contributed by atoms with Crippen LogP contribution in [-0.2, 0) is 6.42 Å². The van der Waals surface area contributed by atoms with Crippen LogP contribution in [-0.4, -0.2) is 31.6 Å². The van der Waals surface area contributed by atoms with Gasteiger partial charge in [0, 0.05) is 12.6 Å².